The Bertz CT molecular complexity index is 867. The number of hydrazine groups is 1. The zero-order chi connectivity index (χ0) is 19.8. The average molecular weight is 430 g/mol. The fourth-order valence-electron chi connectivity index (χ4n) is 1.85. The Hall–Kier alpha value is -2.29. The highest BCUT2D eigenvalue weighted by atomic mass is 35.5. The van der Waals surface area contributed by atoms with Crippen LogP contribution in [0, 0.1) is 5.82 Å². The summed E-state index contributed by atoms with van der Waals surface area (Å²) in [6.45, 7) is -0.376. The maximum atomic E-state index is 13.4. The predicted molar refractivity (Wildman–Crippen MR) is 102 cm³/mol. The molecule has 0 aromatic heterocycles. The molecule has 142 valence electrons. The Balaban J connectivity index is 1.71. The largest absolute Gasteiger partial charge is 0.343 e. The van der Waals surface area contributed by atoms with Crippen molar-refractivity contribution in [3.8, 4) is 0 Å². The Morgan fingerprint density at radius 1 is 1.00 bits per heavy atom. The maximum Gasteiger partial charge on any atom is 0.257 e. The van der Waals surface area contributed by atoms with Crippen LogP contribution in [-0.4, -0.2) is 30.0 Å². The number of carbonyl (C=O) groups is 3. The summed E-state index contributed by atoms with van der Waals surface area (Å²) in [6, 6.07) is 10.4. The number of thioether (sulfide) groups is 1. The van der Waals surface area contributed by atoms with Crippen molar-refractivity contribution in [3.05, 3.63) is 63.9 Å². The van der Waals surface area contributed by atoms with Gasteiger partial charge in [0, 0.05) is 9.92 Å². The molecule has 0 aliphatic heterocycles. The second-order valence-corrected chi connectivity index (χ2v) is 6.98. The highest BCUT2D eigenvalue weighted by molar-refractivity contribution is 8.00. The van der Waals surface area contributed by atoms with Gasteiger partial charge in [0.2, 0.25) is 5.91 Å². The molecule has 3 amide bonds. The SMILES string of the molecule is O=C(CNC(=O)c1ccc(Cl)cc1Cl)NNC(=O)CSc1ccccc1F. The molecular weight excluding hydrogens is 416 g/mol. The van der Waals surface area contributed by atoms with E-state index in [1.54, 1.807) is 18.2 Å². The minimum Gasteiger partial charge on any atom is -0.343 e. The van der Waals surface area contributed by atoms with Crippen LogP contribution in [0.5, 0.6) is 0 Å². The standard InChI is InChI=1S/C17H14Cl2FN3O3S/c18-10-5-6-11(12(19)7-10)17(26)21-8-15(24)22-23-16(25)9-27-14-4-2-1-3-13(14)20/h1-7H,8-9H2,(H,21,26)(H,22,24)(H,23,25). The van der Waals surface area contributed by atoms with E-state index in [4.69, 9.17) is 23.2 Å². The molecule has 6 nitrogen and oxygen atoms in total. The first-order valence-corrected chi connectivity index (χ1v) is 9.29. The number of hydrogen-bond acceptors (Lipinski definition) is 4. The smallest absolute Gasteiger partial charge is 0.257 e. The summed E-state index contributed by atoms with van der Waals surface area (Å²) in [5.74, 6) is -2.24. The fraction of sp³-hybridized carbons (Fsp3) is 0.118. The van der Waals surface area contributed by atoms with Crippen molar-refractivity contribution < 1.29 is 18.8 Å². The van der Waals surface area contributed by atoms with Gasteiger partial charge < -0.3 is 5.32 Å². The first kappa shape index (κ1) is 21.0. The van der Waals surface area contributed by atoms with Crippen LogP contribution < -0.4 is 16.2 Å². The van der Waals surface area contributed by atoms with E-state index in [0.717, 1.165) is 11.8 Å². The molecule has 2 rings (SSSR count). The number of carbonyl (C=O) groups excluding carboxylic acids is 3. The third kappa shape index (κ3) is 6.74. The molecule has 0 radical (unpaired) electrons. The van der Waals surface area contributed by atoms with Crippen LogP contribution in [0.2, 0.25) is 10.0 Å². The molecule has 0 bridgehead atoms. The summed E-state index contributed by atoms with van der Waals surface area (Å²) in [5.41, 5.74) is 4.49. The van der Waals surface area contributed by atoms with Crippen molar-refractivity contribution in [2.24, 2.45) is 0 Å². The van der Waals surface area contributed by atoms with Gasteiger partial charge in [0.1, 0.15) is 5.82 Å². The monoisotopic (exact) mass is 429 g/mol. The van der Waals surface area contributed by atoms with Gasteiger partial charge in [0.25, 0.3) is 11.8 Å². The average Bonchev–Trinajstić information content (AvgIpc) is 2.63. The van der Waals surface area contributed by atoms with Gasteiger partial charge >= 0.3 is 0 Å². The summed E-state index contributed by atoms with van der Waals surface area (Å²) in [6.07, 6.45) is 0. The lowest BCUT2D eigenvalue weighted by Crippen LogP contribution is -2.47. The third-order valence-electron chi connectivity index (χ3n) is 3.12. The zero-order valence-electron chi connectivity index (χ0n) is 13.7. The van der Waals surface area contributed by atoms with Gasteiger partial charge in [-0.05, 0) is 30.3 Å². The third-order valence-corrected chi connectivity index (χ3v) is 4.72. The lowest BCUT2D eigenvalue weighted by Gasteiger charge is -2.09. The van der Waals surface area contributed by atoms with Crippen molar-refractivity contribution in [3.63, 3.8) is 0 Å². The fourth-order valence-corrected chi connectivity index (χ4v) is 3.09. The Morgan fingerprint density at radius 3 is 2.41 bits per heavy atom. The molecule has 0 saturated heterocycles. The Morgan fingerprint density at radius 2 is 1.70 bits per heavy atom. The van der Waals surface area contributed by atoms with Crippen molar-refractivity contribution in [2.75, 3.05) is 12.3 Å². The van der Waals surface area contributed by atoms with Gasteiger partial charge in [0.15, 0.2) is 0 Å². The van der Waals surface area contributed by atoms with Crippen LogP contribution in [0.3, 0.4) is 0 Å². The topological polar surface area (TPSA) is 87.3 Å². The van der Waals surface area contributed by atoms with E-state index in [-0.39, 0.29) is 22.9 Å². The van der Waals surface area contributed by atoms with Crippen LogP contribution in [0.4, 0.5) is 4.39 Å². The second-order valence-electron chi connectivity index (χ2n) is 5.12. The first-order chi connectivity index (χ1) is 12.9. The van der Waals surface area contributed by atoms with Gasteiger partial charge in [0.05, 0.1) is 22.9 Å². The van der Waals surface area contributed by atoms with Gasteiger partial charge in [-0.25, -0.2) is 4.39 Å². The van der Waals surface area contributed by atoms with E-state index in [1.807, 2.05) is 0 Å². The Labute approximate surface area is 168 Å². The van der Waals surface area contributed by atoms with Gasteiger partial charge in [-0.3, -0.25) is 25.2 Å². The zero-order valence-corrected chi connectivity index (χ0v) is 16.1. The van der Waals surface area contributed by atoms with Crippen LogP contribution in [0.25, 0.3) is 0 Å². The summed E-state index contributed by atoms with van der Waals surface area (Å²) < 4.78 is 13.4. The molecule has 0 aliphatic carbocycles. The molecular formula is C17H14Cl2FN3O3S. The molecule has 0 saturated carbocycles. The molecule has 0 atom stereocenters. The summed E-state index contributed by atoms with van der Waals surface area (Å²) in [7, 11) is 0. The minimum absolute atomic E-state index is 0.0893. The molecule has 0 fully saturated rings. The molecule has 3 N–H and O–H groups in total. The Kier molecular flexibility index (Phi) is 7.90. The highest BCUT2D eigenvalue weighted by Crippen LogP contribution is 2.21. The van der Waals surface area contributed by atoms with Crippen molar-refractivity contribution >= 4 is 52.7 Å². The van der Waals surface area contributed by atoms with E-state index < -0.39 is 23.5 Å². The van der Waals surface area contributed by atoms with Gasteiger partial charge in [-0.1, -0.05) is 35.3 Å². The van der Waals surface area contributed by atoms with Crippen molar-refractivity contribution in [2.45, 2.75) is 4.90 Å². The number of nitrogens with one attached hydrogen (secondary N) is 3. The van der Waals surface area contributed by atoms with E-state index in [1.165, 1.54) is 24.3 Å². The minimum atomic E-state index is -0.641. The normalized spacial score (nSPS) is 10.2. The number of rotatable bonds is 6. The first-order valence-electron chi connectivity index (χ1n) is 7.55. The number of amides is 3. The van der Waals surface area contributed by atoms with Crippen LogP contribution >= 0.6 is 35.0 Å². The molecule has 0 unspecified atom stereocenters. The van der Waals surface area contributed by atoms with Gasteiger partial charge in [-0.2, -0.15) is 0 Å². The molecule has 2 aromatic rings. The van der Waals surface area contributed by atoms with E-state index in [0.29, 0.717) is 9.92 Å². The van der Waals surface area contributed by atoms with Gasteiger partial charge in [-0.15, -0.1) is 11.8 Å². The second kappa shape index (κ2) is 10.1. The summed E-state index contributed by atoms with van der Waals surface area (Å²) in [4.78, 5) is 35.7. The van der Waals surface area contributed by atoms with Crippen LogP contribution in [-0.2, 0) is 9.59 Å². The van der Waals surface area contributed by atoms with Crippen molar-refractivity contribution in [1.82, 2.24) is 16.2 Å². The molecule has 0 heterocycles. The number of hydrogen-bond donors (Lipinski definition) is 3. The number of halogens is 3. The molecule has 0 aliphatic rings. The summed E-state index contributed by atoms with van der Waals surface area (Å²) >= 11 is 12.6. The van der Waals surface area contributed by atoms with Crippen molar-refractivity contribution in [1.29, 1.82) is 0 Å². The predicted octanol–water partition coefficient (Wildman–Crippen LogP) is 2.80. The molecule has 0 spiro atoms. The number of benzene rings is 2. The van der Waals surface area contributed by atoms with Crippen LogP contribution in [0.1, 0.15) is 10.4 Å². The molecule has 10 heteroatoms. The van der Waals surface area contributed by atoms with E-state index >= 15 is 0 Å². The van der Waals surface area contributed by atoms with Crippen LogP contribution in [0.15, 0.2) is 47.4 Å². The van der Waals surface area contributed by atoms with E-state index in [2.05, 4.69) is 16.2 Å². The van der Waals surface area contributed by atoms with E-state index in [9.17, 15) is 18.8 Å². The molecule has 27 heavy (non-hydrogen) atoms. The quantitative estimate of drug-likeness (QED) is 0.486. The highest BCUT2D eigenvalue weighted by Gasteiger charge is 2.13. The molecule has 2 aromatic carbocycles. The maximum absolute atomic E-state index is 13.4. The lowest BCUT2D eigenvalue weighted by molar-refractivity contribution is -0.127. The lowest BCUT2D eigenvalue weighted by atomic mass is 10.2. The summed E-state index contributed by atoms with van der Waals surface area (Å²) in [5, 5.41) is 2.90.